The van der Waals surface area contributed by atoms with Crippen LogP contribution in [0.4, 0.5) is 0 Å². The van der Waals surface area contributed by atoms with Crippen LogP contribution in [0.3, 0.4) is 0 Å². The number of benzene rings is 3. The maximum absolute atomic E-state index is 12.7. The topological polar surface area (TPSA) is 46.5 Å². The molecule has 0 aliphatic carbocycles. The van der Waals surface area contributed by atoms with Crippen LogP contribution in [0.15, 0.2) is 94.2 Å². The quantitative estimate of drug-likeness (QED) is 0.613. The summed E-state index contributed by atoms with van der Waals surface area (Å²) in [4.78, 5) is 0.220. The Bertz CT molecular complexity index is 1020. The second-order valence-electron chi connectivity index (χ2n) is 6.20. The highest BCUT2D eigenvalue weighted by molar-refractivity contribution is 8.26. The Morgan fingerprint density at radius 2 is 1.27 bits per heavy atom. The van der Waals surface area contributed by atoms with Crippen molar-refractivity contribution in [3.63, 3.8) is 0 Å². The lowest BCUT2D eigenvalue weighted by Crippen LogP contribution is -2.12. The van der Waals surface area contributed by atoms with Gasteiger partial charge < -0.3 is 0 Å². The smallest absolute Gasteiger partial charge is 0.199 e. The second kappa shape index (κ2) is 6.41. The van der Waals surface area contributed by atoms with Gasteiger partial charge in [0.15, 0.2) is 0 Å². The van der Waals surface area contributed by atoms with E-state index in [0.717, 1.165) is 16.7 Å². The van der Waals surface area contributed by atoms with Crippen LogP contribution in [0, 0.1) is 6.92 Å². The van der Waals surface area contributed by atoms with Crippen molar-refractivity contribution in [1.29, 1.82) is 0 Å². The molecule has 3 aromatic carbocycles. The molecule has 0 amide bonds. The molecule has 26 heavy (non-hydrogen) atoms. The average molecular weight is 380 g/mol. The molecule has 0 radical (unpaired) electrons. The van der Waals surface area contributed by atoms with Crippen molar-refractivity contribution in [2.45, 2.75) is 16.6 Å². The number of hydrogen-bond acceptors (Lipinski definition) is 3. The number of hydrogen-bond donors (Lipinski definition) is 0. The Hall–Kier alpha value is -2.37. The minimum atomic E-state index is -3.73. The standard InChI is InChI=1S/C21H17NO2S2/c1-16-12-14-19(15-13-16)26(23,24)22-20-21(25-20,17-8-4-2-5-9-17)18-10-6-3-7-11-18/h2-15H,1H3/b22-20-. The van der Waals surface area contributed by atoms with Crippen molar-refractivity contribution in [3.05, 3.63) is 102 Å². The predicted molar refractivity (Wildman–Crippen MR) is 107 cm³/mol. The van der Waals surface area contributed by atoms with Crippen molar-refractivity contribution < 1.29 is 8.42 Å². The van der Waals surface area contributed by atoms with Crippen LogP contribution in [0.2, 0.25) is 0 Å². The van der Waals surface area contributed by atoms with E-state index in [9.17, 15) is 8.42 Å². The fourth-order valence-electron chi connectivity index (χ4n) is 2.95. The van der Waals surface area contributed by atoms with Gasteiger partial charge in [-0.05, 0) is 30.2 Å². The van der Waals surface area contributed by atoms with E-state index in [1.165, 1.54) is 11.8 Å². The average Bonchev–Trinajstić information content (AvgIpc) is 3.38. The summed E-state index contributed by atoms with van der Waals surface area (Å²) >= 11 is 1.49. The lowest BCUT2D eigenvalue weighted by atomic mass is 9.92. The molecule has 0 unspecified atom stereocenters. The van der Waals surface area contributed by atoms with Crippen LogP contribution < -0.4 is 0 Å². The zero-order valence-corrected chi connectivity index (χ0v) is 15.8. The number of nitrogens with zero attached hydrogens (tertiary/aromatic N) is 1. The first-order valence-corrected chi connectivity index (χ1v) is 10.5. The monoisotopic (exact) mass is 379 g/mol. The summed E-state index contributed by atoms with van der Waals surface area (Å²) in [7, 11) is -3.73. The summed E-state index contributed by atoms with van der Waals surface area (Å²) in [6.45, 7) is 1.93. The fourth-order valence-corrected chi connectivity index (χ4v) is 5.42. The molecule has 0 N–H and O–H groups in total. The Balaban J connectivity index is 1.80. The van der Waals surface area contributed by atoms with E-state index >= 15 is 0 Å². The third-order valence-corrected chi connectivity index (χ3v) is 7.16. The largest absolute Gasteiger partial charge is 0.283 e. The molecule has 0 atom stereocenters. The Morgan fingerprint density at radius 3 is 1.77 bits per heavy atom. The zero-order valence-electron chi connectivity index (χ0n) is 14.2. The molecular formula is C21H17NO2S2. The van der Waals surface area contributed by atoms with Gasteiger partial charge in [-0.3, -0.25) is 0 Å². The number of sulfonamides is 1. The van der Waals surface area contributed by atoms with Gasteiger partial charge >= 0.3 is 0 Å². The van der Waals surface area contributed by atoms with Crippen molar-refractivity contribution in [3.8, 4) is 0 Å². The molecule has 3 aromatic rings. The molecule has 130 valence electrons. The minimum Gasteiger partial charge on any atom is -0.199 e. The fraction of sp³-hybridized carbons (Fsp3) is 0.0952. The summed E-state index contributed by atoms with van der Waals surface area (Å²) in [5.74, 6) is 0. The molecule has 4 rings (SSSR count). The van der Waals surface area contributed by atoms with Gasteiger partial charge in [-0.15, -0.1) is 0 Å². The van der Waals surface area contributed by atoms with E-state index in [4.69, 9.17) is 0 Å². The van der Waals surface area contributed by atoms with Gasteiger partial charge in [0.2, 0.25) is 0 Å². The van der Waals surface area contributed by atoms with E-state index in [1.54, 1.807) is 24.3 Å². The first kappa shape index (κ1) is 17.1. The molecule has 3 nitrogen and oxygen atoms in total. The van der Waals surface area contributed by atoms with Crippen LogP contribution in [0.1, 0.15) is 16.7 Å². The summed E-state index contributed by atoms with van der Waals surface area (Å²) in [6, 6.07) is 26.6. The molecule has 1 aliphatic heterocycles. The molecule has 1 fully saturated rings. The third kappa shape index (κ3) is 2.97. The highest BCUT2D eigenvalue weighted by atomic mass is 32.2. The van der Waals surface area contributed by atoms with E-state index in [1.807, 2.05) is 67.6 Å². The Morgan fingerprint density at radius 1 is 0.769 bits per heavy atom. The van der Waals surface area contributed by atoms with Gasteiger partial charge in [-0.25, -0.2) is 0 Å². The SMILES string of the molecule is Cc1ccc(S(=O)(=O)/N=C2\SC2(c2ccccc2)c2ccccc2)cc1. The van der Waals surface area contributed by atoms with Gasteiger partial charge in [-0.1, -0.05) is 90.1 Å². The van der Waals surface area contributed by atoms with Gasteiger partial charge in [0, 0.05) is 0 Å². The first-order chi connectivity index (χ1) is 12.5. The summed E-state index contributed by atoms with van der Waals surface area (Å²) in [5.41, 5.74) is 3.09. The summed E-state index contributed by atoms with van der Waals surface area (Å²) in [5, 5.41) is 0.607. The van der Waals surface area contributed by atoms with Crippen molar-refractivity contribution in [2.75, 3.05) is 0 Å². The van der Waals surface area contributed by atoms with E-state index in [2.05, 4.69) is 4.40 Å². The lowest BCUT2D eigenvalue weighted by Gasteiger charge is -2.13. The van der Waals surface area contributed by atoms with Crippen LogP contribution in [0.25, 0.3) is 0 Å². The summed E-state index contributed by atoms with van der Waals surface area (Å²) < 4.78 is 29.1. The second-order valence-corrected chi connectivity index (χ2v) is 9.01. The number of rotatable bonds is 4. The molecule has 5 heteroatoms. The predicted octanol–water partition coefficient (Wildman–Crippen LogP) is 4.77. The summed E-state index contributed by atoms with van der Waals surface area (Å²) in [6.07, 6.45) is 0. The van der Waals surface area contributed by atoms with Crippen LogP contribution in [0.5, 0.6) is 0 Å². The van der Waals surface area contributed by atoms with E-state index in [0.29, 0.717) is 5.04 Å². The third-order valence-electron chi connectivity index (χ3n) is 4.39. The maximum Gasteiger partial charge on any atom is 0.283 e. The van der Waals surface area contributed by atoms with Crippen molar-refractivity contribution in [1.82, 2.24) is 0 Å². The van der Waals surface area contributed by atoms with Gasteiger partial charge in [-0.2, -0.15) is 12.8 Å². The van der Waals surface area contributed by atoms with Crippen molar-refractivity contribution in [2.24, 2.45) is 4.40 Å². The van der Waals surface area contributed by atoms with E-state index < -0.39 is 14.8 Å². The Labute approximate surface area is 157 Å². The van der Waals surface area contributed by atoms with Crippen LogP contribution >= 0.6 is 11.8 Å². The molecule has 0 saturated carbocycles. The first-order valence-electron chi connectivity index (χ1n) is 8.24. The zero-order chi connectivity index (χ0) is 18.2. The molecule has 0 spiro atoms. The maximum atomic E-state index is 12.7. The van der Waals surface area contributed by atoms with Crippen LogP contribution in [-0.2, 0) is 14.8 Å². The highest BCUT2D eigenvalue weighted by Gasteiger charge is 2.56. The molecule has 0 aromatic heterocycles. The minimum absolute atomic E-state index is 0.220. The molecular weight excluding hydrogens is 362 g/mol. The van der Waals surface area contributed by atoms with Crippen molar-refractivity contribution >= 4 is 26.8 Å². The van der Waals surface area contributed by atoms with Gasteiger partial charge in [0.25, 0.3) is 10.0 Å². The molecule has 1 heterocycles. The number of aryl methyl sites for hydroxylation is 1. The Kier molecular flexibility index (Phi) is 4.21. The van der Waals surface area contributed by atoms with E-state index in [-0.39, 0.29) is 4.90 Å². The van der Waals surface area contributed by atoms with Crippen LogP contribution in [-0.4, -0.2) is 13.5 Å². The highest BCUT2D eigenvalue weighted by Crippen LogP contribution is 2.61. The van der Waals surface area contributed by atoms with Gasteiger partial charge in [0.05, 0.1) is 4.90 Å². The molecule has 1 aliphatic rings. The molecule has 1 saturated heterocycles. The van der Waals surface area contributed by atoms with Gasteiger partial charge in [0.1, 0.15) is 9.79 Å². The lowest BCUT2D eigenvalue weighted by molar-refractivity contribution is 0.598. The molecule has 0 bridgehead atoms. The number of thioether (sulfide) groups is 1. The normalized spacial score (nSPS) is 17.2.